The van der Waals surface area contributed by atoms with E-state index in [0.717, 1.165) is 12.1 Å². The van der Waals surface area contributed by atoms with Gasteiger partial charge in [0.1, 0.15) is 6.61 Å². The van der Waals surface area contributed by atoms with Gasteiger partial charge in [0, 0.05) is 0 Å². The summed E-state index contributed by atoms with van der Waals surface area (Å²) in [5.41, 5.74) is 0.972. The van der Waals surface area contributed by atoms with E-state index in [-0.39, 0.29) is 0 Å². The van der Waals surface area contributed by atoms with Crippen molar-refractivity contribution in [3.05, 3.63) is 0 Å². The van der Waals surface area contributed by atoms with Gasteiger partial charge in [-0.05, 0) is 6.42 Å². The maximum atomic E-state index is 4.44. The van der Waals surface area contributed by atoms with Crippen LogP contribution in [0, 0.1) is 0 Å². The van der Waals surface area contributed by atoms with E-state index in [1.807, 2.05) is 6.92 Å². The molecule has 40 valence electrons. The van der Waals surface area contributed by atoms with Gasteiger partial charge in [-0.1, -0.05) is 12.1 Å². The molecule has 0 atom stereocenters. The largest absolute Gasteiger partial charge is 0.220 e. The van der Waals surface area contributed by atoms with Gasteiger partial charge in [-0.3, -0.25) is 0 Å². The van der Waals surface area contributed by atoms with Crippen LogP contribution >= 0.6 is 0 Å². The molecule has 0 N–H and O–H groups in total. The highest BCUT2D eigenvalue weighted by Crippen LogP contribution is 1.97. The summed E-state index contributed by atoms with van der Waals surface area (Å²) in [6, 6.07) is 0. The number of rotatable bonds is 1. The lowest BCUT2D eigenvalue weighted by Crippen LogP contribution is -1.96. The molecule has 0 spiro atoms. The van der Waals surface area contributed by atoms with E-state index in [1.54, 1.807) is 0 Å². The molecule has 0 aromatic heterocycles. The lowest BCUT2D eigenvalue weighted by Gasteiger charge is -1.80. The minimum absolute atomic E-state index is 0.538. The molecule has 0 saturated carbocycles. The van der Waals surface area contributed by atoms with Gasteiger partial charge in [0.05, 0.1) is 5.71 Å². The van der Waals surface area contributed by atoms with Gasteiger partial charge < -0.3 is 0 Å². The minimum Gasteiger partial charge on any atom is -0.220 e. The summed E-state index contributed by atoms with van der Waals surface area (Å²) >= 11 is 0. The van der Waals surface area contributed by atoms with E-state index in [1.165, 1.54) is 0 Å². The van der Waals surface area contributed by atoms with E-state index in [0.29, 0.717) is 6.61 Å². The maximum Gasteiger partial charge on any atom is 0.138 e. The summed E-state index contributed by atoms with van der Waals surface area (Å²) in [6.07, 6.45) is 0.917. The van der Waals surface area contributed by atoms with Gasteiger partial charge >= 0.3 is 0 Å². The first-order chi connectivity index (χ1) is 3.43. The fourth-order valence-electron chi connectivity index (χ4n) is 0.366. The molecule has 0 bridgehead atoms. The van der Waals surface area contributed by atoms with Crippen molar-refractivity contribution in [2.45, 2.75) is 13.3 Å². The Morgan fingerprint density at radius 1 is 1.86 bits per heavy atom. The Labute approximate surface area is 41.8 Å². The Morgan fingerprint density at radius 2 is 2.71 bits per heavy atom. The zero-order valence-corrected chi connectivity index (χ0v) is 4.18. The Kier molecular flexibility index (Phi) is 1.26. The number of nitrogens with zero attached hydrogens (tertiary/aromatic N) is 1. The van der Waals surface area contributed by atoms with Crippen LogP contribution in [0.2, 0.25) is 0 Å². The second-order valence-corrected chi connectivity index (χ2v) is 1.35. The van der Waals surface area contributed by atoms with Gasteiger partial charge in [-0.15, -0.1) is 0 Å². The molecule has 3 nitrogen and oxygen atoms in total. The second kappa shape index (κ2) is 1.93. The second-order valence-electron chi connectivity index (χ2n) is 1.35. The van der Waals surface area contributed by atoms with Gasteiger partial charge in [-0.25, -0.2) is 4.99 Å². The van der Waals surface area contributed by atoms with Crippen molar-refractivity contribution in [3.63, 3.8) is 0 Å². The first-order valence-corrected chi connectivity index (χ1v) is 2.28. The summed E-state index contributed by atoms with van der Waals surface area (Å²) in [5.74, 6) is 0. The molecule has 0 aliphatic carbocycles. The first-order valence-electron chi connectivity index (χ1n) is 2.28. The first kappa shape index (κ1) is 4.59. The van der Waals surface area contributed by atoms with E-state index < -0.39 is 0 Å². The van der Waals surface area contributed by atoms with E-state index in [2.05, 4.69) is 15.0 Å². The average molecular weight is 101 g/mol. The average Bonchev–Trinajstić information content (AvgIpc) is 2.14. The van der Waals surface area contributed by atoms with E-state index in [4.69, 9.17) is 0 Å². The molecule has 1 heterocycles. The number of hydrogen-bond acceptors (Lipinski definition) is 3. The Bertz CT molecular complexity index is 89.7. The summed E-state index contributed by atoms with van der Waals surface area (Å²) in [6.45, 7) is 2.55. The monoisotopic (exact) mass is 101 g/mol. The molecule has 0 fully saturated rings. The summed E-state index contributed by atoms with van der Waals surface area (Å²) in [4.78, 5) is 8.68. The van der Waals surface area contributed by atoms with Crippen LogP contribution in [0.25, 0.3) is 0 Å². The van der Waals surface area contributed by atoms with Crippen LogP contribution in [-0.2, 0) is 9.88 Å². The van der Waals surface area contributed by atoms with Crippen LogP contribution in [-0.4, -0.2) is 12.3 Å². The normalized spacial score (nSPS) is 18.7. The molecule has 0 aromatic carbocycles. The molecule has 1 aliphatic heterocycles. The Morgan fingerprint density at radius 3 is 3.00 bits per heavy atom. The Balaban J connectivity index is 2.36. The van der Waals surface area contributed by atoms with Crippen molar-refractivity contribution in [2.75, 3.05) is 6.61 Å². The highest BCUT2D eigenvalue weighted by Gasteiger charge is 2.04. The molecular weight excluding hydrogens is 94.0 g/mol. The lowest BCUT2D eigenvalue weighted by atomic mass is 10.3. The maximum absolute atomic E-state index is 4.44. The third-order valence-electron chi connectivity index (χ3n) is 0.853. The molecule has 0 amide bonds. The van der Waals surface area contributed by atoms with Crippen molar-refractivity contribution in [3.8, 4) is 0 Å². The van der Waals surface area contributed by atoms with Crippen LogP contribution < -0.4 is 0 Å². The van der Waals surface area contributed by atoms with E-state index >= 15 is 0 Å². The van der Waals surface area contributed by atoms with Crippen molar-refractivity contribution in [2.24, 2.45) is 5.16 Å². The molecule has 0 aromatic rings. The Hall–Kier alpha value is -0.570. The fourth-order valence-corrected chi connectivity index (χ4v) is 0.366. The van der Waals surface area contributed by atoms with Crippen molar-refractivity contribution in [1.82, 2.24) is 0 Å². The molecule has 3 heteroatoms. The van der Waals surface area contributed by atoms with Crippen molar-refractivity contribution >= 4 is 5.71 Å². The lowest BCUT2D eigenvalue weighted by molar-refractivity contribution is -0.266. The standard InChI is InChI=1S/C4H7NO2/c1-2-4-3-6-7-5-4/h2-3H2,1H3. The fraction of sp³-hybridized carbons (Fsp3) is 0.750. The molecule has 0 unspecified atom stereocenters. The third-order valence-corrected chi connectivity index (χ3v) is 0.853. The molecule has 0 radical (unpaired) electrons. The van der Waals surface area contributed by atoms with Crippen LogP contribution in [0.1, 0.15) is 13.3 Å². The van der Waals surface area contributed by atoms with Crippen molar-refractivity contribution in [1.29, 1.82) is 0 Å². The zero-order valence-electron chi connectivity index (χ0n) is 4.18. The van der Waals surface area contributed by atoms with Gasteiger partial charge in [0.25, 0.3) is 0 Å². The number of hydrogen-bond donors (Lipinski definition) is 0. The molecule has 0 saturated heterocycles. The van der Waals surface area contributed by atoms with Gasteiger partial charge in [0.2, 0.25) is 0 Å². The van der Waals surface area contributed by atoms with Crippen LogP contribution in [0.3, 0.4) is 0 Å². The molecule has 1 aliphatic rings. The SMILES string of the molecule is CCC1=NOOC1. The summed E-state index contributed by atoms with van der Waals surface area (Å²) < 4.78 is 0. The zero-order chi connectivity index (χ0) is 5.11. The summed E-state index contributed by atoms with van der Waals surface area (Å²) in [5, 5.41) is 3.55. The topological polar surface area (TPSA) is 30.8 Å². The van der Waals surface area contributed by atoms with Gasteiger partial charge in [0.15, 0.2) is 0 Å². The third kappa shape index (κ3) is 0.899. The van der Waals surface area contributed by atoms with Crippen LogP contribution in [0.5, 0.6) is 0 Å². The van der Waals surface area contributed by atoms with Crippen LogP contribution in [0.15, 0.2) is 5.16 Å². The highest BCUT2D eigenvalue weighted by molar-refractivity contribution is 5.85. The predicted octanol–water partition coefficient (Wildman–Crippen LogP) is 0.714. The van der Waals surface area contributed by atoms with Crippen molar-refractivity contribution < 1.29 is 9.88 Å². The highest BCUT2D eigenvalue weighted by atomic mass is 17.3. The smallest absolute Gasteiger partial charge is 0.138 e. The number of oxime groups is 1. The van der Waals surface area contributed by atoms with Crippen LogP contribution in [0.4, 0.5) is 0 Å². The minimum atomic E-state index is 0.538. The molecule has 1 rings (SSSR count). The quantitative estimate of drug-likeness (QED) is 0.455. The van der Waals surface area contributed by atoms with Gasteiger partial charge in [-0.2, -0.15) is 4.89 Å². The summed E-state index contributed by atoms with van der Waals surface area (Å²) in [7, 11) is 0. The molecule has 7 heavy (non-hydrogen) atoms. The predicted molar refractivity (Wildman–Crippen MR) is 24.8 cm³/mol. The van der Waals surface area contributed by atoms with E-state index in [9.17, 15) is 0 Å². The molecular formula is C4H7NO2.